The number of carbonyl (C=O) groups excluding carboxylic acids is 1. The van der Waals surface area contributed by atoms with E-state index in [4.69, 9.17) is 5.11 Å². The molecule has 1 aliphatic rings. The molecule has 1 heterocycles. The third kappa shape index (κ3) is 2.45. The maximum absolute atomic E-state index is 13.2. The number of carbonyl (C=O) groups is 2. The van der Waals surface area contributed by atoms with Crippen LogP contribution >= 0.6 is 0 Å². The highest BCUT2D eigenvalue weighted by molar-refractivity contribution is 5.96. The van der Waals surface area contributed by atoms with Gasteiger partial charge in [-0.2, -0.15) is 0 Å². The molecule has 1 saturated heterocycles. The lowest BCUT2D eigenvalue weighted by atomic mass is 9.90. The Balaban J connectivity index is 2.22. The number of aryl methyl sites for hydroxylation is 1. The van der Waals surface area contributed by atoms with Gasteiger partial charge < -0.3 is 10.0 Å². The molecule has 0 bridgehead atoms. The van der Waals surface area contributed by atoms with Crippen LogP contribution in [0.2, 0.25) is 0 Å². The molecular weight excluding hydrogens is 249 g/mol. The molecule has 0 aliphatic carbocycles. The molecule has 4 nitrogen and oxygen atoms in total. The highest BCUT2D eigenvalue weighted by atomic mass is 19.1. The predicted molar refractivity (Wildman–Crippen MR) is 67.4 cm³/mol. The van der Waals surface area contributed by atoms with Crippen LogP contribution in [-0.4, -0.2) is 35.0 Å². The van der Waals surface area contributed by atoms with Gasteiger partial charge in [0.25, 0.3) is 5.91 Å². The molecule has 1 amide bonds. The Morgan fingerprint density at radius 2 is 2.11 bits per heavy atom. The molecule has 1 aromatic carbocycles. The van der Waals surface area contributed by atoms with Crippen LogP contribution in [0.1, 0.15) is 29.3 Å². The van der Waals surface area contributed by atoms with E-state index in [0.29, 0.717) is 24.1 Å². The normalized spacial score (nSPS) is 22.6. The lowest BCUT2D eigenvalue weighted by Crippen LogP contribution is -2.35. The number of nitrogens with zero attached hydrogens (tertiary/aromatic N) is 1. The molecular formula is C14H16FNO3. The van der Waals surface area contributed by atoms with Crippen molar-refractivity contribution in [3.05, 3.63) is 35.1 Å². The summed E-state index contributed by atoms with van der Waals surface area (Å²) in [6.45, 7) is 3.91. The molecule has 0 aromatic heterocycles. The number of hydrogen-bond acceptors (Lipinski definition) is 2. The number of likely N-dealkylation sites (tertiary alicyclic amines) is 1. The van der Waals surface area contributed by atoms with Gasteiger partial charge in [-0.1, -0.05) is 6.07 Å². The van der Waals surface area contributed by atoms with Crippen molar-refractivity contribution in [1.29, 1.82) is 0 Å². The third-order valence-electron chi connectivity index (χ3n) is 3.71. The van der Waals surface area contributed by atoms with Crippen LogP contribution in [0.25, 0.3) is 0 Å². The average Bonchev–Trinajstić information content (AvgIpc) is 2.76. The van der Waals surface area contributed by atoms with Gasteiger partial charge in [0.15, 0.2) is 0 Å². The van der Waals surface area contributed by atoms with E-state index in [1.54, 1.807) is 19.9 Å². The highest BCUT2D eigenvalue weighted by Crippen LogP contribution is 2.31. The van der Waals surface area contributed by atoms with E-state index in [1.807, 2.05) is 0 Å². The number of rotatable bonds is 2. The second kappa shape index (κ2) is 4.64. The van der Waals surface area contributed by atoms with Crippen molar-refractivity contribution in [2.75, 3.05) is 13.1 Å². The summed E-state index contributed by atoms with van der Waals surface area (Å²) in [6, 6.07) is 4.06. The standard InChI is InChI=1S/C14H16FNO3/c1-9-3-4-10(15)7-11(9)12(17)16-6-5-14(2,8-16)13(18)19/h3-4,7H,5-6,8H2,1-2H3,(H,18,19). The second-order valence-electron chi connectivity index (χ2n) is 5.30. The minimum atomic E-state index is -0.906. The first-order chi connectivity index (χ1) is 8.83. The molecule has 1 fully saturated rings. The first-order valence-corrected chi connectivity index (χ1v) is 6.12. The van der Waals surface area contributed by atoms with Crippen molar-refractivity contribution in [1.82, 2.24) is 4.90 Å². The Morgan fingerprint density at radius 1 is 1.42 bits per heavy atom. The number of carboxylic acids is 1. The molecule has 0 spiro atoms. The number of benzene rings is 1. The smallest absolute Gasteiger partial charge is 0.311 e. The molecule has 19 heavy (non-hydrogen) atoms. The number of hydrogen-bond donors (Lipinski definition) is 1. The van der Waals surface area contributed by atoms with E-state index >= 15 is 0 Å². The summed E-state index contributed by atoms with van der Waals surface area (Å²) in [7, 11) is 0. The molecule has 0 radical (unpaired) electrons. The van der Waals surface area contributed by atoms with Gasteiger partial charge in [0.05, 0.1) is 5.41 Å². The fourth-order valence-corrected chi connectivity index (χ4v) is 2.30. The van der Waals surface area contributed by atoms with Crippen molar-refractivity contribution in [3.8, 4) is 0 Å². The predicted octanol–water partition coefficient (Wildman–Crippen LogP) is 2.07. The number of carboxylic acid groups (broad SMARTS) is 1. The van der Waals surface area contributed by atoms with Crippen LogP contribution in [0.3, 0.4) is 0 Å². The highest BCUT2D eigenvalue weighted by Gasteiger charge is 2.42. The van der Waals surface area contributed by atoms with Crippen molar-refractivity contribution < 1.29 is 19.1 Å². The number of aliphatic carboxylic acids is 1. The number of halogens is 1. The summed E-state index contributed by atoms with van der Waals surface area (Å²) in [5.41, 5.74) is 0.0848. The third-order valence-corrected chi connectivity index (χ3v) is 3.71. The maximum atomic E-state index is 13.2. The van der Waals surface area contributed by atoms with Crippen molar-refractivity contribution in [2.24, 2.45) is 5.41 Å². The monoisotopic (exact) mass is 265 g/mol. The number of amides is 1. The lowest BCUT2D eigenvalue weighted by Gasteiger charge is -2.20. The largest absolute Gasteiger partial charge is 0.481 e. The molecule has 0 saturated carbocycles. The summed E-state index contributed by atoms with van der Waals surface area (Å²) in [5, 5.41) is 9.14. The Morgan fingerprint density at radius 3 is 2.68 bits per heavy atom. The van der Waals surface area contributed by atoms with Crippen molar-refractivity contribution >= 4 is 11.9 Å². The maximum Gasteiger partial charge on any atom is 0.311 e. The first kappa shape index (κ1) is 13.5. The van der Waals surface area contributed by atoms with Gasteiger partial charge in [-0.25, -0.2) is 4.39 Å². The summed E-state index contributed by atoms with van der Waals surface area (Å²) in [5.74, 6) is -1.67. The Bertz CT molecular complexity index is 543. The van der Waals surface area contributed by atoms with Crippen molar-refractivity contribution in [2.45, 2.75) is 20.3 Å². The topological polar surface area (TPSA) is 57.6 Å². The van der Waals surface area contributed by atoms with Crippen LogP contribution in [0, 0.1) is 18.2 Å². The Hall–Kier alpha value is -1.91. The fourth-order valence-electron chi connectivity index (χ4n) is 2.30. The van der Waals surface area contributed by atoms with Crippen molar-refractivity contribution in [3.63, 3.8) is 0 Å². The van der Waals surface area contributed by atoms with Gasteiger partial charge in [-0.05, 0) is 38.0 Å². The molecule has 1 aliphatic heterocycles. The molecule has 102 valence electrons. The zero-order chi connectivity index (χ0) is 14.2. The van der Waals surface area contributed by atoms with Crippen LogP contribution in [0.5, 0.6) is 0 Å². The molecule has 1 unspecified atom stereocenters. The van der Waals surface area contributed by atoms with Crippen LogP contribution < -0.4 is 0 Å². The first-order valence-electron chi connectivity index (χ1n) is 6.12. The molecule has 1 atom stereocenters. The van der Waals surface area contributed by atoms with E-state index in [9.17, 15) is 14.0 Å². The molecule has 2 rings (SSSR count). The quantitative estimate of drug-likeness (QED) is 0.890. The zero-order valence-electron chi connectivity index (χ0n) is 10.9. The van der Waals surface area contributed by atoms with Crippen LogP contribution in [0.15, 0.2) is 18.2 Å². The van der Waals surface area contributed by atoms with E-state index < -0.39 is 17.2 Å². The van der Waals surface area contributed by atoms with Gasteiger partial charge in [-0.3, -0.25) is 9.59 Å². The van der Waals surface area contributed by atoms with Crippen LogP contribution in [-0.2, 0) is 4.79 Å². The van der Waals surface area contributed by atoms with Gasteiger partial charge in [0.2, 0.25) is 0 Å². The Kier molecular flexibility index (Phi) is 3.30. The summed E-state index contributed by atoms with van der Waals surface area (Å²) >= 11 is 0. The van der Waals surface area contributed by atoms with Gasteiger partial charge in [0, 0.05) is 18.7 Å². The zero-order valence-corrected chi connectivity index (χ0v) is 10.9. The summed E-state index contributed by atoms with van der Waals surface area (Å²) in [6.07, 6.45) is 0.419. The lowest BCUT2D eigenvalue weighted by molar-refractivity contribution is -0.147. The van der Waals surface area contributed by atoms with E-state index in [1.165, 1.54) is 17.0 Å². The van der Waals surface area contributed by atoms with Crippen LogP contribution in [0.4, 0.5) is 4.39 Å². The van der Waals surface area contributed by atoms with Gasteiger partial charge in [0.1, 0.15) is 5.82 Å². The minimum absolute atomic E-state index is 0.164. The molecule has 5 heteroatoms. The molecule has 1 N–H and O–H groups in total. The van der Waals surface area contributed by atoms with E-state index in [2.05, 4.69) is 0 Å². The van der Waals surface area contributed by atoms with E-state index in [0.717, 1.165) is 0 Å². The van der Waals surface area contributed by atoms with Gasteiger partial charge >= 0.3 is 5.97 Å². The molecule has 1 aromatic rings. The minimum Gasteiger partial charge on any atom is -0.481 e. The van der Waals surface area contributed by atoms with E-state index in [-0.39, 0.29) is 12.5 Å². The SMILES string of the molecule is Cc1ccc(F)cc1C(=O)N1CCC(C)(C(=O)O)C1. The second-order valence-corrected chi connectivity index (χ2v) is 5.30. The summed E-state index contributed by atoms with van der Waals surface area (Å²) < 4.78 is 13.2. The summed E-state index contributed by atoms with van der Waals surface area (Å²) in [4.78, 5) is 24.9. The fraction of sp³-hybridized carbons (Fsp3) is 0.429. The average molecular weight is 265 g/mol. The van der Waals surface area contributed by atoms with Gasteiger partial charge in [-0.15, -0.1) is 0 Å². The Labute approximate surface area is 110 Å².